The maximum atomic E-state index is 10.6. The van der Waals surface area contributed by atoms with Crippen LogP contribution in [-0.4, -0.2) is 12.6 Å². The molecule has 0 saturated carbocycles. The molecule has 1 aromatic rings. The Bertz CT molecular complexity index is 319. The second-order valence-corrected chi connectivity index (χ2v) is 4.50. The largest absolute Gasteiger partial charge is 0.466 e. The first-order valence-corrected chi connectivity index (χ1v) is 5.77. The summed E-state index contributed by atoms with van der Waals surface area (Å²) in [6, 6.07) is 8.22. The lowest BCUT2D eigenvalue weighted by Crippen LogP contribution is -2.04. The van der Waals surface area contributed by atoms with Gasteiger partial charge in [-0.05, 0) is 30.0 Å². The lowest BCUT2D eigenvalue weighted by Gasteiger charge is -2.11. The Morgan fingerprint density at radius 1 is 1.40 bits per heavy atom. The zero-order chi connectivity index (χ0) is 11.3. The molecule has 0 heterocycles. The highest BCUT2D eigenvalue weighted by atomic mass is 79.9. The predicted octanol–water partition coefficient (Wildman–Crippen LogP) is 3.51. The van der Waals surface area contributed by atoms with Crippen molar-refractivity contribution < 1.29 is 9.53 Å². The number of hydrogen-bond acceptors (Lipinski definition) is 2. The number of halogens is 1. The smallest absolute Gasteiger partial charge is 0.302 e. The molecule has 0 spiro atoms. The topological polar surface area (TPSA) is 26.3 Å². The van der Waals surface area contributed by atoms with Crippen LogP contribution in [0.15, 0.2) is 28.7 Å². The molecule has 0 saturated heterocycles. The van der Waals surface area contributed by atoms with Crippen LogP contribution in [-0.2, 0) is 9.53 Å². The monoisotopic (exact) mass is 270 g/mol. The van der Waals surface area contributed by atoms with Gasteiger partial charge in [-0.1, -0.05) is 35.0 Å². The molecule has 1 unspecified atom stereocenters. The normalized spacial score (nSPS) is 12.2. The van der Waals surface area contributed by atoms with Gasteiger partial charge in [0.2, 0.25) is 0 Å². The summed E-state index contributed by atoms with van der Waals surface area (Å²) in [5.74, 6) is 0.204. The zero-order valence-corrected chi connectivity index (χ0v) is 10.6. The van der Waals surface area contributed by atoms with Crippen molar-refractivity contribution in [2.45, 2.75) is 26.2 Å². The maximum absolute atomic E-state index is 10.6. The average molecular weight is 271 g/mol. The highest BCUT2D eigenvalue weighted by molar-refractivity contribution is 9.10. The summed E-state index contributed by atoms with van der Waals surface area (Å²) in [6.45, 7) is 4.06. The Morgan fingerprint density at radius 2 is 2.00 bits per heavy atom. The highest BCUT2D eigenvalue weighted by Gasteiger charge is 2.05. The standard InChI is InChI=1S/C12H15BrO2/c1-9(7-8-15-10(2)14)11-3-5-12(13)6-4-11/h3-6,9H,7-8H2,1-2H3. The van der Waals surface area contributed by atoms with Gasteiger partial charge in [0.05, 0.1) is 6.61 Å². The van der Waals surface area contributed by atoms with E-state index in [4.69, 9.17) is 4.74 Å². The quantitative estimate of drug-likeness (QED) is 0.783. The molecule has 1 rings (SSSR count). The van der Waals surface area contributed by atoms with Crippen LogP contribution in [0, 0.1) is 0 Å². The number of hydrogen-bond donors (Lipinski definition) is 0. The van der Waals surface area contributed by atoms with Gasteiger partial charge in [0.15, 0.2) is 0 Å². The van der Waals surface area contributed by atoms with E-state index >= 15 is 0 Å². The summed E-state index contributed by atoms with van der Waals surface area (Å²) in [4.78, 5) is 10.6. The molecule has 0 aliphatic carbocycles. The van der Waals surface area contributed by atoms with Crippen LogP contribution in [0.1, 0.15) is 31.7 Å². The molecule has 3 heteroatoms. The minimum absolute atomic E-state index is 0.210. The molecule has 2 nitrogen and oxygen atoms in total. The number of carbonyl (C=O) groups is 1. The summed E-state index contributed by atoms with van der Waals surface area (Å²) >= 11 is 3.40. The van der Waals surface area contributed by atoms with E-state index in [2.05, 4.69) is 35.0 Å². The van der Waals surface area contributed by atoms with Crippen molar-refractivity contribution in [1.82, 2.24) is 0 Å². The van der Waals surface area contributed by atoms with Gasteiger partial charge in [0.1, 0.15) is 0 Å². The van der Waals surface area contributed by atoms with Crippen LogP contribution < -0.4 is 0 Å². The Balaban J connectivity index is 2.43. The van der Waals surface area contributed by atoms with Gasteiger partial charge in [-0.25, -0.2) is 0 Å². The van der Waals surface area contributed by atoms with Crippen LogP contribution in [0.4, 0.5) is 0 Å². The zero-order valence-electron chi connectivity index (χ0n) is 9.00. The molecule has 1 atom stereocenters. The minimum Gasteiger partial charge on any atom is -0.466 e. The first-order valence-electron chi connectivity index (χ1n) is 4.98. The highest BCUT2D eigenvalue weighted by Crippen LogP contribution is 2.21. The van der Waals surface area contributed by atoms with Crippen molar-refractivity contribution in [1.29, 1.82) is 0 Å². The molecule has 0 radical (unpaired) electrons. The third-order valence-corrected chi connectivity index (χ3v) is 2.82. The van der Waals surface area contributed by atoms with E-state index in [9.17, 15) is 4.79 Å². The minimum atomic E-state index is -0.210. The molecule has 0 aromatic heterocycles. The molecule has 0 bridgehead atoms. The fourth-order valence-corrected chi connectivity index (χ4v) is 1.60. The Labute approximate surface area is 98.8 Å². The molecule has 15 heavy (non-hydrogen) atoms. The van der Waals surface area contributed by atoms with Crippen LogP contribution in [0.2, 0.25) is 0 Å². The lowest BCUT2D eigenvalue weighted by molar-refractivity contribution is -0.141. The fourth-order valence-electron chi connectivity index (χ4n) is 1.34. The van der Waals surface area contributed by atoms with Gasteiger partial charge in [-0.3, -0.25) is 4.79 Å². The van der Waals surface area contributed by atoms with Crippen LogP contribution in [0.5, 0.6) is 0 Å². The fraction of sp³-hybridized carbons (Fsp3) is 0.417. The lowest BCUT2D eigenvalue weighted by atomic mass is 9.98. The van der Waals surface area contributed by atoms with Crippen molar-refractivity contribution in [3.05, 3.63) is 34.3 Å². The van der Waals surface area contributed by atoms with E-state index in [1.54, 1.807) is 0 Å². The van der Waals surface area contributed by atoms with Crippen LogP contribution >= 0.6 is 15.9 Å². The van der Waals surface area contributed by atoms with Gasteiger partial charge in [0, 0.05) is 11.4 Å². The summed E-state index contributed by atoms with van der Waals surface area (Å²) < 4.78 is 5.99. The molecular formula is C12H15BrO2. The Kier molecular flexibility index (Phi) is 4.82. The van der Waals surface area contributed by atoms with Crippen molar-refractivity contribution in [3.8, 4) is 0 Å². The molecule has 0 amide bonds. The average Bonchev–Trinajstić information content (AvgIpc) is 2.18. The first kappa shape index (κ1) is 12.2. The van der Waals surface area contributed by atoms with Gasteiger partial charge >= 0.3 is 5.97 Å². The number of esters is 1. The summed E-state index contributed by atoms with van der Waals surface area (Å²) in [5, 5.41) is 0. The van der Waals surface area contributed by atoms with Crippen molar-refractivity contribution in [2.75, 3.05) is 6.61 Å². The Morgan fingerprint density at radius 3 is 2.53 bits per heavy atom. The molecular weight excluding hydrogens is 256 g/mol. The van der Waals surface area contributed by atoms with Gasteiger partial charge in [-0.2, -0.15) is 0 Å². The van der Waals surface area contributed by atoms with Crippen LogP contribution in [0.25, 0.3) is 0 Å². The summed E-state index contributed by atoms with van der Waals surface area (Å²) in [5.41, 5.74) is 1.27. The molecule has 82 valence electrons. The third kappa shape index (κ3) is 4.47. The number of benzene rings is 1. The maximum Gasteiger partial charge on any atom is 0.302 e. The van der Waals surface area contributed by atoms with Gasteiger partial charge in [0.25, 0.3) is 0 Å². The van der Waals surface area contributed by atoms with Gasteiger partial charge in [-0.15, -0.1) is 0 Å². The third-order valence-electron chi connectivity index (χ3n) is 2.30. The number of ether oxygens (including phenoxy) is 1. The first-order chi connectivity index (χ1) is 7.09. The van der Waals surface area contributed by atoms with Crippen LogP contribution in [0.3, 0.4) is 0 Å². The molecule has 0 aliphatic rings. The molecule has 0 N–H and O–H groups in total. The van der Waals surface area contributed by atoms with Crippen molar-refractivity contribution in [2.24, 2.45) is 0 Å². The Hall–Kier alpha value is -0.830. The van der Waals surface area contributed by atoms with E-state index in [0.717, 1.165) is 10.9 Å². The molecule has 0 aliphatic heterocycles. The predicted molar refractivity (Wildman–Crippen MR) is 63.8 cm³/mol. The summed E-state index contributed by atoms with van der Waals surface area (Å²) in [6.07, 6.45) is 0.862. The van der Waals surface area contributed by atoms with Gasteiger partial charge < -0.3 is 4.74 Å². The van der Waals surface area contributed by atoms with E-state index in [0.29, 0.717) is 12.5 Å². The van der Waals surface area contributed by atoms with E-state index in [-0.39, 0.29) is 5.97 Å². The van der Waals surface area contributed by atoms with Crippen molar-refractivity contribution >= 4 is 21.9 Å². The SMILES string of the molecule is CC(=O)OCCC(C)c1ccc(Br)cc1. The van der Waals surface area contributed by atoms with E-state index in [1.165, 1.54) is 12.5 Å². The second kappa shape index (κ2) is 5.91. The second-order valence-electron chi connectivity index (χ2n) is 3.58. The van der Waals surface area contributed by atoms with Crippen molar-refractivity contribution in [3.63, 3.8) is 0 Å². The summed E-state index contributed by atoms with van der Waals surface area (Å²) in [7, 11) is 0. The number of carbonyl (C=O) groups excluding carboxylic acids is 1. The molecule has 0 fully saturated rings. The van der Waals surface area contributed by atoms with E-state index < -0.39 is 0 Å². The van der Waals surface area contributed by atoms with E-state index in [1.807, 2.05) is 12.1 Å². The number of rotatable bonds is 4. The molecule has 1 aromatic carbocycles.